The Kier molecular flexibility index (Phi) is 4.22. The molecule has 0 spiro atoms. The SMILES string of the molecule is CNC1CCCC1c1nc(Cc2ccc(F)cc2Cl)no1. The van der Waals surface area contributed by atoms with Crippen molar-refractivity contribution < 1.29 is 8.91 Å². The molecule has 2 unspecified atom stereocenters. The number of nitrogens with one attached hydrogen (secondary N) is 1. The molecule has 1 aliphatic carbocycles. The van der Waals surface area contributed by atoms with E-state index in [9.17, 15) is 4.39 Å². The fourth-order valence-corrected chi connectivity index (χ4v) is 3.16. The zero-order chi connectivity index (χ0) is 14.8. The average molecular weight is 310 g/mol. The Labute approximate surface area is 127 Å². The largest absolute Gasteiger partial charge is 0.339 e. The van der Waals surface area contributed by atoms with Gasteiger partial charge in [0.05, 0.1) is 5.92 Å². The van der Waals surface area contributed by atoms with E-state index in [1.165, 1.54) is 12.1 Å². The highest BCUT2D eigenvalue weighted by molar-refractivity contribution is 6.31. The van der Waals surface area contributed by atoms with Crippen molar-refractivity contribution >= 4 is 11.6 Å². The third kappa shape index (κ3) is 3.09. The molecule has 1 fully saturated rings. The maximum absolute atomic E-state index is 13.0. The van der Waals surface area contributed by atoms with Crippen LogP contribution >= 0.6 is 11.6 Å². The lowest BCUT2D eigenvalue weighted by Crippen LogP contribution is -2.27. The van der Waals surface area contributed by atoms with Crippen molar-refractivity contribution in [3.63, 3.8) is 0 Å². The molecule has 6 heteroatoms. The van der Waals surface area contributed by atoms with Gasteiger partial charge in [0, 0.05) is 17.5 Å². The minimum atomic E-state index is -0.347. The maximum Gasteiger partial charge on any atom is 0.231 e. The first-order chi connectivity index (χ1) is 10.2. The molecular formula is C15H17ClFN3O. The highest BCUT2D eigenvalue weighted by atomic mass is 35.5. The van der Waals surface area contributed by atoms with E-state index in [2.05, 4.69) is 15.5 Å². The summed E-state index contributed by atoms with van der Waals surface area (Å²) in [5, 5.41) is 7.70. The van der Waals surface area contributed by atoms with Crippen molar-refractivity contribution in [2.24, 2.45) is 0 Å². The molecule has 0 amide bonds. The van der Waals surface area contributed by atoms with E-state index in [0.29, 0.717) is 29.2 Å². The van der Waals surface area contributed by atoms with E-state index in [4.69, 9.17) is 16.1 Å². The second-order valence-corrected chi connectivity index (χ2v) is 5.80. The molecule has 0 bridgehead atoms. The van der Waals surface area contributed by atoms with Crippen LogP contribution in [0.3, 0.4) is 0 Å². The van der Waals surface area contributed by atoms with E-state index in [1.807, 2.05) is 7.05 Å². The lowest BCUT2D eigenvalue weighted by molar-refractivity contribution is 0.332. The molecule has 0 radical (unpaired) electrons. The summed E-state index contributed by atoms with van der Waals surface area (Å²) in [6.45, 7) is 0. The summed E-state index contributed by atoms with van der Waals surface area (Å²) >= 11 is 6.02. The molecule has 0 saturated heterocycles. The fraction of sp³-hybridized carbons (Fsp3) is 0.467. The van der Waals surface area contributed by atoms with Crippen LogP contribution in [0.15, 0.2) is 22.7 Å². The van der Waals surface area contributed by atoms with E-state index in [-0.39, 0.29) is 11.7 Å². The zero-order valence-corrected chi connectivity index (χ0v) is 12.5. The van der Waals surface area contributed by atoms with Crippen molar-refractivity contribution in [1.29, 1.82) is 0 Å². The van der Waals surface area contributed by atoms with Gasteiger partial charge in [-0.3, -0.25) is 0 Å². The van der Waals surface area contributed by atoms with Crippen LogP contribution < -0.4 is 5.32 Å². The summed E-state index contributed by atoms with van der Waals surface area (Å²) in [4.78, 5) is 4.48. The van der Waals surface area contributed by atoms with Gasteiger partial charge in [0.2, 0.25) is 5.89 Å². The first kappa shape index (κ1) is 14.5. The number of halogens is 2. The summed E-state index contributed by atoms with van der Waals surface area (Å²) in [6.07, 6.45) is 3.80. The van der Waals surface area contributed by atoms with Crippen molar-refractivity contribution in [1.82, 2.24) is 15.5 Å². The van der Waals surface area contributed by atoms with Gasteiger partial charge in [-0.2, -0.15) is 4.98 Å². The molecule has 1 aliphatic rings. The summed E-state index contributed by atoms with van der Waals surface area (Å²) in [5.41, 5.74) is 0.794. The Balaban J connectivity index is 1.76. The third-order valence-electron chi connectivity index (χ3n) is 4.05. The lowest BCUT2D eigenvalue weighted by atomic mass is 10.0. The number of benzene rings is 1. The van der Waals surface area contributed by atoms with E-state index in [0.717, 1.165) is 24.8 Å². The van der Waals surface area contributed by atoms with Gasteiger partial charge in [-0.05, 0) is 37.6 Å². The summed E-state index contributed by atoms with van der Waals surface area (Å²) in [7, 11) is 1.96. The fourth-order valence-electron chi connectivity index (χ4n) is 2.93. The molecule has 4 nitrogen and oxygen atoms in total. The molecule has 21 heavy (non-hydrogen) atoms. The van der Waals surface area contributed by atoms with Crippen molar-refractivity contribution in [3.8, 4) is 0 Å². The van der Waals surface area contributed by atoms with Crippen LogP contribution in [-0.4, -0.2) is 23.2 Å². The van der Waals surface area contributed by atoms with Crippen LogP contribution in [0, 0.1) is 5.82 Å². The topological polar surface area (TPSA) is 51.0 Å². The average Bonchev–Trinajstić information content (AvgIpc) is 3.10. The second kappa shape index (κ2) is 6.12. The number of rotatable bonds is 4. The van der Waals surface area contributed by atoms with Gasteiger partial charge in [-0.15, -0.1) is 0 Å². The number of hydrogen-bond acceptors (Lipinski definition) is 4. The minimum absolute atomic E-state index is 0.278. The van der Waals surface area contributed by atoms with Crippen molar-refractivity contribution in [2.45, 2.75) is 37.6 Å². The van der Waals surface area contributed by atoms with Crippen LogP contribution in [0.1, 0.15) is 42.5 Å². The lowest BCUT2D eigenvalue weighted by Gasteiger charge is -2.14. The number of likely N-dealkylation sites (N-methyl/N-ethyl adjacent to an activating group) is 1. The van der Waals surface area contributed by atoms with E-state index in [1.54, 1.807) is 6.07 Å². The monoisotopic (exact) mass is 309 g/mol. The molecule has 0 aliphatic heterocycles. The Bertz CT molecular complexity index is 631. The van der Waals surface area contributed by atoms with Crippen LogP contribution in [0.5, 0.6) is 0 Å². The Morgan fingerprint density at radius 1 is 1.43 bits per heavy atom. The van der Waals surface area contributed by atoms with Crippen LogP contribution in [0.4, 0.5) is 4.39 Å². The molecule has 1 N–H and O–H groups in total. The first-order valence-electron chi connectivity index (χ1n) is 7.11. The molecule has 3 rings (SSSR count). The number of nitrogens with zero attached hydrogens (tertiary/aromatic N) is 2. The minimum Gasteiger partial charge on any atom is -0.339 e. The normalized spacial score (nSPS) is 21.9. The van der Waals surface area contributed by atoms with Gasteiger partial charge in [0.1, 0.15) is 5.82 Å². The Morgan fingerprint density at radius 3 is 3.05 bits per heavy atom. The van der Waals surface area contributed by atoms with Crippen LogP contribution in [-0.2, 0) is 6.42 Å². The Hall–Kier alpha value is -1.46. The van der Waals surface area contributed by atoms with Gasteiger partial charge in [-0.1, -0.05) is 29.2 Å². The predicted molar refractivity (Wildman–Crippen MR) is 78.0 cm³/mol. The zero-order valence-electron chi connectivity index (χ0n) is 11.8. The molecule has 1 aromatic heterocycles. The molecule has 1 aromatic carbocycles. The highest BCUT2D eigenvalue weighted by Crippen LogP contribution is 2.33. The molecule has 112 valence electrons. The van der Waals surface area contributed by atoms with Gasteiger partial charge < -0.3 is 9.84 Å². The quantitative estimate of drug-likeness (QED) is 0.941. The maximum atomic E-state index is 13.0. The molecule has 2 atom stereocenters. The first-order valence-corrected chi connectivity index (χ1v) is 7.49. The van der Waals surface area contributed by atoms with Gasteiger partial charge >= 0.3 is 0 Å². The summed E-state index contributed by atoms with van der Waals surface area (Å²) in [5.74, 6) is 1.20. The molecular weight excluding hydrogens is 293 g/mol. The number of hydrogen-bond donors (Lipinski definition) is 1. The standard InChI is InChI=1S/C15H17ClFN3O/c1-18-13-4-2-3-11(13)15-19-14(20-21-15)7-9-5-6-10(17)8-12(9)16/h5-6,8,11,13,18H,2-4,7H2,1H3. The van der Waals surface area contributed by atoms with E-state index >= 15 is 0 Å². The van der Waals surface area contributed by atoms with Crippen LogP contribution in [0.2, 0.25) is 5.02 Å². The molecule has 2 aromatic rings. The predicted octanol–water partition coefficient (Wildman–Crippen LogP) is 3.31. The van der Waals surface area contributed by atoms with Gasteiger partial charge in [0.25, 0.3) is 0 Å². The number of aromatic nitrogens is 2. The van der Waals surface area contributed by atoms with Crippen molar-refractivity contribution in [3.05, 3.63) is 46.3 Å². The summed E-state index contributed by atoms with van der Waals surface area (Å²) in [6, 6.07) is 4.73. The Morgan fingerprint density at radius 2 is 2.29 bits per heavy atom. The van der Waals surface area contributed by atoms with Crippen molar-refractivity contribution in [2.75, 3.05) is 7.05 Å². The smallest absolute Gasteiger partial charge is 0.231 e. The summed E-state index contributed by atoms with van der Waals surface area (Å²) < 4.78 is 18.4. The van der Waals surface area contributed by atoms with E-state index < -0.39 is 0 Å². The molecule has 1 heterocycles. The molecule has 1 saturated carbocycles. The third-order valence-corrected chi connectivity index (χ3v) is 4.40. The van der Waals surface area contributed by atoms with Gasteiger partial charge in [0.15, 0.2) is 5.82 Å². The van der Waals surface area contributed by atoms with Crippen LogP contribution in [0.25, 0.3) is 0 Å². The highest BCUT2D eigenvalue weighted by Gasteiger charge is 2.31. The second-order valence-electron chi connectivity index (χ2n) is 5.39. The van der Waals surface area contributed by atoms with Gasteiger partial charge in [-0.25, -0.2) is 4.39 Å².